The molecule has 0 spiro atoms. The second-order valence-electron chi connectivity index (χ2n) is 6.83. The van der Waals surface area contributed by atoms with E-state index >= 15 is 4.39 Å². The summed E-state index contributed by atoms with van der Waals surface area (Å²) >= 11 is 0. The number of nitrogens with zero attached hydrogens (tertiary/aromatic N) is 4. The van der Waals surface area contributed by atoms with Gasteiger partial charge in [0.05, 0.1) is 12.1 Å². The maximum Gasteiger partial charge on any atom is 0.308 e. The van der Waals surface area contributed by atoms with Gasteiger partial charge >= 0.3 is 5.97 Å². The van der Waals surface area contributed by atoms with Crippen LogP contribution in [0.1, 0.15) is 13.8 Å². The number of anilines is 1. The number of pyridine rings is 1. The highest BCUT2D eigenvalue weighted by atomic mass is 19.1. The molecular weight excluding hydrogens is 396 g/mol. The van der Waals surface area contributed by atoms with Crippen LogP contribution >= 0.6 is 0 Å². The summed E-state index contributed by atoms with van der Waals surface area (Å²) in [6.07, 6.45) is 4.14. The van der Waals surface area contributed by atoms with Crippen molar-refractivity contribution in [3.63, 3.8) is 0 Å². The van der Waals surface area contributed by atoms with E-state index in [0.29, 0.717) is 16.6 Å². The third-order valence-corrected chi connectivity index (χ3v) is 4.84. The standard InChI is InChI=1S/C19H17F2N7O2/c1-8(19(29)30)9(2)25-18-14(21)15(13-3-4-24-28-13)26-17(27-18)12-7-23-16-11(12)5-10(20)6-22-16/h3-9H,1-2H3,(H,22,23)(H,24,28)(H,29,30)(H,25,26,27)/t8-,9-/m0/s1. The minimum absolute atomic E-state index is 0.0855. The predicted octanol–water partition coefficient (Wildman–Crippen LogP) is 3.21. The Morgan fingerprint density at radius 2 is 2.07 bits per heavy atom. The lowest BCUT2D eigenvalue weighted by Gasteiger charge is -2.19. The van der Waals surface area contributed by atoms with Gasteiger partial charge in [0, 0.05) is 29.4 Å². The molecule has 2 atom stereocenters. The van der Waals surface area contributed by atoms with Crippen molar-refractivity contribution in [1.29, 1.82) is 0 Å². The van der Waals surface area contributed by atoms with Crippen LogP contribution in [0.5, 0.6) is 0 Å². The fourth-order valence-electron chi connectivity index (χ4n) is 2.94. The topological polar surface area (TPSA) is 132 Å². The normalized spacial score (nSPS) is 13.3. The van der Waals surface area contributed by atoms with Crippen molar-refractivity contribution in [2.45, 2.75) is 19.9 Å². The lowest BCUT2D eigenvalue weighted by Crippen LogP contribution is -2.30. The molecule has 0 saturated carbocycles. The number of halogens is 2. The van der Waals surface area contributed by atoms with Crippen LogP contribution in [-0.4, -0.2) is 47.3 Å². The van der Waals surface area contributed by atoms with E-state index < -0.39 is 29.6 Å². The molecule has 0 saturated heterocycles. The first-order chi connectivity index (χ1) is 14.3. The molecule has 0 aliphatic heterocycles. The molecule has 9 nitrogen and oxygen atoms in total. The highest BCUT2D eigenvalue weighted by Crippen LogP contribution is 2.31. The maximum atomic E-state index is 15.2. The van der Waals surface area contributed by atoms with Crippen LogP contribution in [-0.2, 0) is 4.79 Å². The monoisotopic (exact) mass is 413 g/mol. The zero-order chi connectivity index (χ0) is 21.4. The van der Waals surface area contributed by atoms with E-state index in [4.69, 9.17) is 0 Å². The Labute approximate surface area is 168 Å². The first kappa shape index (κ1) is 19.4. The Morgan fingerprint density at radius 3 is 2.77 bits per heavy atom. The fraction of sp³-hybridized carbons (Fsp3) is 0.211. The Morgan fingerprint density at radius 1 is 1.27 bits per heavy atom. The molecule has 4 rings (SSSR count). The smallest absolute Gasteiger partial charge is 0.308 e. The van der Waals surface area contributed by atoms with Gasteiger partial charge in [-0.2, -0.15) is 5.10 Å². The Balaban J connectivity index is 1.87. The molecule has 0 bridgehead atoms. The molecule has 0 aromatic carbocycles. The predicted molar refractivity (Wildman–Crippen MR) is 105 cm³/mol. The van der Waals surface area contributed by atoms with Gasteiger partial charge in [-0.05, 0) is 26.0 Å². The van der Waals surface area contributed by atoms with Crippen molar-refractivity contribution in [2.75, 3.05) is 5.32 Å². The third kappa shape index (κ3) is 3.45. The zero-order valence-electron chi connectivity index (χ0n) is 15.9. The first-order valence-corrected chi connectivity index (χ1v) is 9.05. The number of hydrogen-bond donors (Lipinski definition) is 4. The Kier molecular flexibility index (Phi) is 4.86. The van der Waals surface area contributed by atoms with E-state index in [-0.39, 0.29) is 23.0 Å². The fourth-order valence-corrected chi connectivity index (χ4v) is 2.94. The number of aliphatic carboxylic acids is 1. The van der Waals surface area contributed by atoms with Crippen LogP contribution in [0.15, 0.2) is 30.7 Å². The van der Waals surface area contributed by atoms with E-state index in [0.717, 1.165) is 6.20 Å². The van der Waals surface area contributed by atoms with Crippen molar-refractivity contribution >= 4 is 22.8 Å². The summed E-state index contributed by atoms with van der Waals surface area (Å²) < 4.78 is 28.9. The molecule has 4 aromatic rings. The van der Waals surface area contributed by atoms with Gasteiger partial charge in [-0.3, -0.25) is 9.89 Å². The molecule has 4 heterocycles. The number of aromatic nitrogens is 6. The van der Waals surface area contributed by atoms with E-state index in [1.54, 1.807) is 19.2 Å². The molecule has 11 heteroatoms. The summed E-state index contributed by atoms with van der Waals surface area (Å²) in [6, 6.07) is 2.18. The number of H-pyrrole nitrogens is 2. The van der Waals surface area contributed by atoms with Crippen LogP contribution < -0.4 is 5.32 Å². The van der Waals surface area contributed by atoms with Crippen molar-refractivity contribution in [3.05, 3.63) is 42.4 Å². The number of fused-ring (bicyclic) bond motifs is 1. The van der Waals surface area contributed by atoms with Gasteiger partial charge in [-0.25, -0.2) is 23.7 Å². The van der Waals surface area contributed by atoms with E-state index in [1.165, 1.54) is 19.2 Å². The maximum absolute atomic E-state index is 15.2. The molecule has 4 N–H and O–H groups in total. The Hall–Kier alpha value is -3.89. The summed E-state index contributed by atoms with van der Waals surface area (Å²) in [5.74, 6) is -3.24. The third-order valence-electron chi connectivity index (χ3n) is 4.84. The van der Waals surface area contributed by atoms with Crippen molar-refractivity contribution < 1.29 is 18.7 Å². The quantitative estimate of drug-likeness (QED) is 0.381. The first-order valence-electron chi connectivity index (χ1n) is 9.05. The molecule has 0 aliphatic carbocycles. The molecule has 4 aromatic heterocycles. The van der Waals surface area contributed by atoms with Gasteiger partial charge in [0.2, 0.25) is 0 Å². The molecule has 0 amide bonds. The number of nitrogens with one attached hydrogen (secondary N) is 3. The second-order valence-corrected chi connectivity index (χ2v) is 6.83. The zero-order valence-corrected chi connectivity index (χ0v) is 15.9. The Bertz CT molecular complexity index is 1220. The lowest BCUT2D eigenvalue weighted by molar-refractivity contribution is -0.141. The molecular formula is C19H17F2N7O2. The van der Waals surface area contributed by atoms with Gasteiger partial charge in [0.1, 0.15) is 22.9 Å². The summed E-state index contributed by atoms with van der Waals surface area (Å²) in [5.41, 5.74) is 0.985. The molecule has 0 radical (unpaired) electrons. The van der Waals surface area contributed by atoms with Crippen molar-refractivity contribution in [2.24, 2.45) is 5.92 Å². The highest BCUT2D eigenvalue weighted by molar-refractivity contribution is 5.92. The van der Waals surface area contributed by atoms with Crippen LogP contribution in [0.2, 0.25) is 0 Å². The van der Waals surface area contributed by atoms with E-state index in [9.17, 15) is 14.3 Å². The van der Waals surface area contributed by atoms with Gasteiger partial charge in [-0.15, -0.1) is 0 Å². The van der Waals surface area contributed by atoms with Gasteiger partial charge in [0.15, 0.2) is 17.5 Å². The minimum Gasteiger partial charge on any atom is -0.481 e. The van der Waals surface area contributed by atoms with E-state index in [1.807, 2.05) is 0 Å². The van der Waals surface area contributed by atoms with Crippen LogP contribution in [0.25, 0.3) is 33.8 Å². The van der Waals surface area contributed by atoms with Crippen LogP contribution in [0.4, 0.5) is 14.6 Å². The molecule has 0 aliphatic rings. The lowest BCUT2D eigenvalue weighted by atomic mass is 10.0. The second kappa shape index (κ2) is 7.50. The average molecular weight is 413 g/mol. The summed E-state index contributed by atoms with van der Waals surface area (Å²) in [6.45, 7) is 3.11. The van der Waals surface area contributed by atoms with Crippen LogP contribution in [0, 0.1) is 17.6 Å². The molecule has 0 unspecified atom stereocenters. The average Bonchev–Trinajstić information content (AvgIpc) is 3.38. The number of carboxylic acids is 1. The van der Waals surface area contributed by atoms with Gasteiger partial charge < -0.3 is 15.4 Å². The summed E-state index contributed by atoms with van der Waals surface area (Å²) in [5, 5.41) is 19.0. The number of rotatable bonds is 6. The highest BCUT2D eigenvalue weighted by Gasteiger charge is 2.25. The van der Waals surface area contributed by atoms with Gasteiger partial charge in [-0.1, -0.05) is 0 Å². The molecule has 154 valence electrons. The summed E-state index contributed by atoms with van der Waals surface area (Å²) in [7, 11) is 0. The SMILES string of the molecule is C[C@H](Nc1nc(-c2c[nH]c3ncc(F)cc23)nc(-c2cc[nH]n2)c1F)[C@H](C)C(=O)O. The molecule has 30 heavy (non-hydrogen) atoms. The molecule has 0 fully saturated rings. The van der Waals surface area contributed by atoms with Crippen LogP contribution in [0.3, 0.4) is 0 Å². The van der Waals surface area contributed by atoms with Crippen molar-refractivity contribution in [1.82, 2.24) is 30.1 Å². The largest absolute Gasteiger partial charge is 0.481 e. The number of hydrogen-bond acceptors (Lipinski definition) is 6. The van der Waals surface area contributed by atoms with Gasteiger partial charge in [0.25, 0.3) is 0 Å². The number of carbonyl (C=O) groups is 1. The number of aromatic amines is 2. The number of carboxylic acid groups (broad SMARTS) is 1. The van der Waals surface area contributed by atoms with E-state index in [2.05, 4.69) is 35.5 Å². The minimum atomic E-state index is -1.03. The van der Waals surface area contributed by atoms with Crippen molar-refractivity contribution in [3.8, 4) is 22.8 Å². The summed E-state index contributed by atoms with van der Waals surface area (Å²) in [4.78, 5) is 26.7.